The zero-order valence-corrected chi connectivity index (χ0v) is 12.3. The van der Waals surface area contributed by atoms with E-state index in [9.17, 15) is 4.39 Å². The summed E-state index contributed by atoms with van der Waals surface area (Å²) in [6, 6.07) is 12.0. The molecule has 2 nitrogen and oxygen atoms in total. The van der Waals surface area contributed by atoms with E-state index in [1.807, 2.05) is 12.1 Å². The first kappa shape index (κ1) is 15.0. The van der Waals surface area contributed by atoms with E-state index in [4.69, 9.17) is 17.4 Å². The SMILES string of the molecule is CC(C)c1ccc(C(NN)c2cc(F)ccc2Cl)cc1. The maximum atomic E-state index is 13.4. The minimum atomic E-state index is -0.334. The van der Waals surface area contributed by atoms with E-state index in [1.165, 1.54) is 17.7 Å². The minimum Gasteiger partial charge on any atom is -0.271 e. The van der Waals surface area contributed by atoms with E-state index in [0.717, 1.165) is 5.56 Å². The molecule has 106 valence electrons. The number of rotatable bonds is 4. The van der Waals surface area contributed by atoms with Crippen molar-refractivity contribution in [3.05, 3.63) is 70.0 Å². The second-order valence-electron chi connectivity index (χ2n) is 5.09. The lowest BCUT2D eigenvalue weighted by Gasteiger charge is -2.19. The fraction of sp³-hybridized carbons (Fsp3) is 0.250. The zero-order valence-electron chi connectivity index (χ0n) is 11.5. The molecule has 0 spiro atoms. The highest BCUT2D eigenvalue weighted by atomic mass is 35.5. The number of hydrazine groups is 1. The van der Waals surface area contributed by atoms with E-state index in [1.54, 1.807) is 6.07 Å². The van der Waals surface area contributed by atoms with Crippen LogP contribution in [0.3, 0.4) is 0 Å². The number of halogens is 2. The molecule has 0 saturated heterocycles. The van der Waals surface area contributed by atoms with E-state index < -0.39 is 0 Å². The van der Waals surface area contributed by atoms with Gasteiger partial charge in [-0.15, -0.1) is 0 Å². The van der Waals surface area contributed by atoms with Gasteiger partial charge < -0.3 is 0 Å². The highest BCUT2D eigenvalue weighted by Crippen LogP contribution is 2.29. The molecule has 2 rings (SSSR count). The third kappa shape index (κ3) is 3.18. The molecule has 4 heteroatoms. The number of nitrogens with two attached hydrogens (primary N) is 1. The van der Waals surface area contributed by atoms with Crippen LogP contribution in [-0.4, -0.2) is 0 Å². The molecule has 0 aliphatic carbocycles. The molecular weight excluding hydrogens is 275 g/mol. The summed E-state index contributed by atoms with van der Waals surface area (Å²) < 4.78 is 13.4. The van der Waals surface area contributed by atoms with Gasteiger partial charge in [0.15, 0.2) is 0 Å². The Morgan fingerprint density at radius 2 is 1.65 bits per heavy atom. The Kier molecular flexibility index (Phi) is 4.76. The summed E-state index contributed by atoms with van der Waals surface area (Å²) >= 11 is 6.14. The van der Waals surface area contributed by atoms with Gasteiger partial charge >= 0.3 is 0 Å². The minimum absolute atomic E-state index is 0.330. The van der Waals surface area contributed by atoms with Crippen molar-refractivity contribution < 1.29 is 4.39 Å². The fourth-order valence-electron chi connectivity index (χ4n) is 2.17. The molecule has 0 saturated carbocycles. The molecule has 1 unspecified atom stereocenters. The summed E-state index contributed by atoms with van der Waals surface area (Å²) in [4.78, 5) is 0. The standard InChI is InChI=1S/C16H18ClFN2/c1-10(2)11-3-5-12(6-4-11)16(20-19)14-9-13(18)7-8-15(14)17/h3-10,16,20H,19H2,1-2H3. The maximum Gasteiger partial charge on any atom is 0.123 e. The van der Waals surface area contributed by atoms with Crippen molar-refractivity contribution in [3.8, 4) is 0 Å². The maximum absolute atomic E-state index is 13.4. The molecule has 0 fully saturated rings. The molecule has 0 radical (unpaired) electrons. The van der Waals surface area contributed by atoms with Gasteiger partial charge in [-0.1, -0.05) is 49.7 Å². The largest absolute Gasteiger partial charge is 0.271 e. The highest BCUT2D eigenvalue weighted by Gasteiger charge is 2.16. The van der Waals surface area contributed by atoms with Crippen LogP contribution in [0, 0.1) is 5.82 Å². The molecule has 0 aliphatic heterocycles. The molecule has 0 aromatic heterocycles. The van der Waals surface area contributed by atoms with Gasteiger partial charge in [-0.25, -0.2) is 9.82 Å². The highest BCUT2D eigenvalue weighted by molar-refractivity contribution is 6.31. The van der Waals surface area contributed by atoms with E-state index in [2.05, 4.69) is 31.4 Å². The van der Waals surface area contributed by atoms with Crippen molar-refractivity contribution in [1.29, 1.82) is 0 Å². The lowest BCUT2D eigenvalue weighted by molar-refractivity contribution is 0.605. The van der Waals surface area contributed by atoms with Gasteiger partial charge in [0, 0.05) is 5.02 Å². The van der Waals surface area contributed by atoms with Crippen LogP contribution < -0.4 is 11.3 Å². The van der Waals surface area contributed by atoms with Crippen LogP contribution in [0.1, 0.15) is 42.5 Å². The van der Waals surface area contributed by atoms with Crippen LogP contribution in [0.15, 0.2) is 42.5 Å². The fourth-order valence-corrected chi connectivity index (χ4v) is 2.40. The monoisotopic (exact) mass is 292 g/mol. The summed E-state index contributed by atoms with van der Waals surface area (Å²) in [6.45, 7) is 4.27. The second-order valence-corrected chi connectivity index (χ2v) is 5.49. The van der Waals surface area contributed by atoms with Gasteiger partial charge in [0.25, 0.3) is 0 Å². The number of benzene rings is 2. The third-order valence-electron chi connectivity index (χ3n) is 3.37. The summed E-state index contributed by atoms with van der Waals surface area (Å²) in [5.74, 6) is 5.76. The van der Waals surface area contributed by atoms with Gasteiger partial charge in [-0.05, 0) is 40.8 Å². The van der Waals surface area contributed by atoms with Crippen molar-refractivity contribution in [2.75, 3.05) is 0 Å². The molecule has 2 aromatic rings. The molecule has 0 amide bonds. The van der Waals surface area contributed by atoms with Gasteiger partial charge in [-0.3, -0.25) is 5.84 Å². The van der Waals surface area contributed by atoms with E-state index >= 15 is 0 Å². The molecule has 0 aliphatic rings. The average Bonchev–Trinajstić information content (AvgIpc) is 2.44. The first-order valence-electron chi connectivity index (χ1n) is 6.54. The normalized spacial score (nSPS) is 12.7. The lowest BCUT2D eigenvalue weighted by atomic mass is 9.95. The van der Waals surface area contributed by atoms with Crippen LogP contribution in [0.4, 0.5) is 4.39 Å². The van der Waals surface area contributed by atoms with Crippen LogP contribution >= 0.6 is 11.6 Å². The third-order valence-corrected chi connectivity index (χ3v) is 3.72. The topological polar surface area (TPSA) is 38.0 Å². The first-order valence-corrected chi connectivity index (χ1v) is 6.91. The Hall–Kier alpha value is -1.42. The van der Waals surface area contributed by atoms with Crippen LogP contribution in [0.5, 0.6) is 0 Å². The molecule has 1 atom stereocenters. The Labute approximate surface area is 123 Å². The Morgan fingerprint density at radius 3 is 2.20 bits per heavy atom. The quantitative estimate of drug-likeness (QED) is 0.656. The van der Waals surface area contributed by atoms with Crippen LogP contribution in [0.25, 0.3) is 0 Å². The van der Waals surface area contributed by atoms with Gasteiger partial charge in [0.2, 0.25) is 0 Å². The Morgan fingerprint density at radius 1 is 1.05 bits per heavy atom. The second kappa shape index (κ2) is 6.35. The predicted octanol–water partition coefficient (Wildman–Crippen LogP) is 4.16. The Bertz CT molecular complexity index is 582. The van der Waals surface area contributed by atoms with Gasteiger partial charge in [0.05, 0.1) is 6.04 Å². The van der Waals surface area contributed by atoms with Crippen molar-refractivity contribution >= 4 is 11.6 Å². The predicted molar refractivity (Wildman–Crippen MR) is 81.1 cm³/mol. The van der Waals surface area contributed by atoms with Gasteiger partial charge in [-0.2, -0.15) is 0 Å². The zero-order chi connectivity index (χ0) is 14.7. The summed E-state index contributed by atoms with van der Waals surface area (Å²) in [5.41, 5.74) is 5.53. The van der Waals surface area contributed by atoms with Crippen molar-refractivity contribution in [2.45, 2.75) is 25.8 Å². The van der Waals surface area contributed by atoms with Crippen LogP contribution in [0.2, 0.25) is 5.02 Å². The van der Waals surface area contributed by atoms with Crippen molar-refractivity contribution in [3.63, 3.8) is 0 Å². The number of hydrogen-bond donors (Lipinski definition) is 2. The smallest absolute Gasteiger partial charge is 0.123 e. The number of hydrogen-bond acceptors (Lipinski definition) is 2. The number of nitrogens with one attached hydrogen (secondary N) is 1. The van der Waals surface area contributed by atoms with E-state index in [-0.39, 0.29) is 11.9 Å². The molecule has 20 heavy (non-hydrogen) atoms. The molecular formula is C16H18ClFN2. The Balaban J connectivity index is 2.39. The van der Waals surface area contributed by atoms with Crippen molar-refractivity contribution in [2.24, 2.45) is 5.84 Å². The van der Waals surface area contributed by atoms with Crippen LogP contribution in [-0.2, 0) is 0 Å². The first-order chi connectivity index (χ1) is 9.52. The van der Waals surface area contributed by atoms with Gasteiger partial charge in [0.1, 0.15) is 5.82 Å². The average molecular weight is 293 g/mol. The van der Waals surface area contributed by atoms with E-state index in [0.29, 0.717) is 16.5 Å². The molecule has 3 N–H and O–H groups in total. The summed E-state index contributed by atoms with van der Waals surface area (Å²) in [5, 5.41) is 0.488. The molecule has 0 bridgehead atoms. The molecule has 0 heterocycles. The summed E-state index contributed by atoms with van der Waals surface area (Å²) in [7, 11) is 0. The van der Waals surface area contributed by atoms with Crippen molar-refractivity contribution in [1.82, 2.24) is 5.43 Å². The summed E-state index contributed by atoms with van der Waals surface area (Å²) in [6.07, 6.45) is 0. The molecule has 2 aromatic carbocycles. The lowest BCUT2D eigenvalue weighted by Crippen LogP contribution is -2.29.